The summed E-state index contributed by atoms with van der Waals surface area (Å²) in [6, 6.07) is 65.4. The molecule has 1 N–H and O–H groups in total. The minimum Gasteiger partial charge on any atom is -0.344 e. The Labute approximate surface area is 336 Å². The van der Waals surface area contributed by atoms with Gasteiger partial charge in [-0.25, -0.2) is 9.98 Å². The van der Waals surface area contributed by atoms with Gasteiger partial charge in [0.2, 0.25) is 0 Å². The number of thiophene rings is 2. The van der Waals surface area contributed by atoms with Crippen molar-refractivity contribution in [2.45, 2.75) is 6.17 Å². The molecule has 4 heterocycles. The molecule has 0 saturated carbocycles. The molecule has 0 bridgehead atoms. The van der Waals surface area contributed by atoms with Crippen molar-refractivity contribution in [1.82, 2.24) is 9.88 Å². The molecule has 0 fully saturated rings. The zero-order chi connectivity index (χ0) is 37.5. The van der Waals surface area contributed by atoms with Gasteiger partial charge < -0.3 is 9.88 Å². The van der Waals surface area contributed by atoms with Crippen molar-refractivity contribution in [3.63, 3.8) is 0 Å². The van der Waals surface area contributed by atoms with Gasteiger partial charge in [0.15, 0.2) is 5.84 Å². The molecule has 1 aliphatic heterocycles. The van der Waals surface area contributed by atoms with Gasteiger partial charge in [0.05, 0.1) is 16.7 Å². The van der Waals surface area contributed by atoms with Crippen molar-refractivity contribution in [3.05, 3.63) is 199 Å². The van der Waals surface area contributed by atoms with Crippen LogP contribution in [0.15, 0.2) is 192 Å². The fraction of sp³-hybridized carbons (Fsp3) is 0.0196. The van der Waals surface area contributed by atoms with Crippen LogP contribution in [0, 0.1) is 0 Å². The van der Waals surface area contributed by atoms with Crippen LogP contribution in [0.4, 0.5) is 0 Å². The van der Waals surface area contributed by atoms with E-state index in [4.69, 9.17) is 9.98 Å². The molecular weight excluding hydrogens is 733 g/mol. The highest BCUT2D eigenvalue weighted by molar-refractivity contribution is 7.26. The molecule has 4 nitrogen and oxygen atoms in total. The minimum atomic E-state index is -0.306. The van der Waals surface area contributed by atoms with Crippen LogP contribution in [0.1, 0.15) is 22.9 Å². The number of aromatic nitrogens is 1. The number of fused-ring (bicyclic) bond motifs is 9. The largest absolute Gasteiger partial charge is 0.344 e. The molecule has 8 aromatic carbocycles. The summed E-state index contributed by atoms with van der Waals surface area (Å²) in [6.45, 7) is 0. The topological polar surface area (TPSA) is 41.7 Å². The normalized spacial score (nSPS) is 14.5. The molecule has 1 aliphatic rings. The fourth-order valence-corrected chi connectivity index (χ4v) is 11.1. The molecule has 1 atom stereocenters. The summed E-state index contributed by atoms with van der Waals surface area (Å²) < 4.78 is 7.55. The highest BCUT2D eigenvalue weighted by Crippen LogP contribution is 2.46. The third kappa shape index (κ3) is 5.11. The van der Waals surface area contributed by atoms with Gasteiger partial charge in [-0.1, -0.05) is 140 Å². The Morgan fingerprint density at radius 3 is 1.82 bits per heavy atom. The van der Waals surface area contributed by atoms with E-state index in [-0.39, 0.29) is 6.17 Å². The van der Waals surface area contributed by atoms with Crippen molar-refractivity contribution in [2.24, 2.45) is 9.98 Å². The summed E-state index contributed by atoms with van der Waals surface area (Å²) in [5.41, 5.74) is 9.31. The van der Waals surface area contributed by atoms with E-state index < -0.39 is 0 Å². The first-order chi connectivity index (χ1) is 28.3. The molecule has 0 aliphatic carbocycles. The Morgan fingerprint density at radius 1 is 0.456 bits per heavy atom. The number of hydrogen-bond donors (Lipinski definition) is 1. The van der Waals surface area contributed by atoms with Crippen LogP contribution in [0.2, 0.25) is 0 Å². The molecule has 6 heteroatoms. The molecule has 0 amide bonds. The van der Waals surface area contributed by atoms with Crippen molar-refractivity contribution in [3.8, 4) is 16.8 Å². The molecular formula is C51H32N4S2. The van der Waals surface area contributed by atoms with Gasteiger partial charge in [-0.3, -0.25) is 0 Å². The van der Waals surface area contributed by atoms with Gasteiger partial charge in [0, 0.05) is 67.8 Å². The first kappa shape index (κ1) is 32.4. The lowest BCUT2D eigenvalue weighted by atomic mass is 9.97. The van der Waals surface area contributed by atoms with Crippen molar-refractivity contribution < 1.29 is 0 Å². The number of para-hydroxylation sites is 2. The summed E-state index contributed by atoms with van der Waals surface area (Å²) in [6.07, 6.45) is -0.306. The third-order valence-electron chi connectivity index (χ3n) is 11.3. The van der Waals surface area contributed by atoms with Gasteiger partial charge in [-0.05, 0) is 53.6 Å². The second kappa shape index (κ2) is 12.8. The fourth-order valence-electron chi connectivity index (χ4n) is 8.77. The van der Waals surface area contributed by atoms with Crippen LogP contribution in [0.5, 0.6) is 0 Å². The van der Waals surface area contributed by atoms with Crippen LogP contribution < -0.4 is 5.32 Å². The van der Waals surface area contributed by atoms with Crippen LogP contribution in [0.25, 0.3) is 79.0 Å². The smallest absolute Gasteiger partial charge is 0.159 e. The average molecular weight is 765 g/mol. The van der Waals surface area contributed by atoms with E-state index in [0.29, 0.717) is 0 Å². The molecule has 0 radical (unpaired) electrons. The number of benzene rings is 8. The standard InChI is InChI=1S/C51H32N4S2/c1-3-14-31(15-4-1)49-52-50(32-16-5-2-6-17-32)54-51(53-49)38-21-12-25-42-46(38)37-29-28-33(30-45(37)57-42)34-20-11-26-43-47(34)48-41(24-13-27-44(48)56-43)55-39-22-9-7-18-35(39)36-19-8-10-23-40(36)55/h1-30,51H,(H,52,53,54). The SMILES string of the molecule is c1ccc(C2=NC(c3cccc4sc5cc(-c6cccc7sc8cccc(-n9c%10ccccc%10c%10ccccc%109)c8c67)ccc5c34)NC(c3ccccc3)=N2)cc1. The van der Waals surface area contributed by atoms with Crippen molar-refractivity contribution in [1.29, 1.82) is 0 Å². The predicted molar refractivity (Wildman–Crippen MR) is 244 cm³/mol. The Hall–Kier alpha value is -6.86. The average Bonchev–Trinajstić information content (AvgIpc) is 3.96. The molecule has 57 heavy (non-hydrogen) atoms. The molecule has 11 aromatic rings. The molecule has 1 unspecified atom stereocenters. The van der Waals surface area contributed by atoms with Crippen molar-refractivity contribution in [2.75, 3.05) is 0 Å². The Morgan fingerprint density at radius 2 is 1.07 bits per heavy atom. The first-order valence-electron chi connectivity index (χ1n) is 19.2. The lowest BCUT2D eigenvalue weighted by Crippen LogP contribution is -2.33. The summed E-state index contributed by atoms with van der Waals surface area (Å²) in [5.74, 6) is 1.55. The number of hydrogen-bond acceptors (Lipinski definition) is 5. The maximum atomic E-state index is 5.25. The molecule has 0 spiro atoms. The van der Waals surface area contributed by atoms with E-state index in [0.717, 1.165) is 28.4 Å². The number of nitrogens with one attached hydrogen (secondary N) is 1. The summed E-state index contributed by atoms with van der Waals surface area (Å²) in [5, 5.41) is 11.3. The van der Waals surface area contributed by atoms with E-state index in [1.165, 1.54) is 79.0 Å². The van der Waals surface area contributed by atoms with Crippen LogP contribution in [-0.4, -0.2) is 16.2 Å². The molecule has 3 aromatic heterocycles. The quantitative estimate of drug-likeness (QED) is 0.186. The van der Waals surface area contributed by atoms with Crippen LogP contribution in [0.3, 0.4) is 0 Å². The van der Waals surface area contributed by atoms with E-state index in [9.17, 15) is 0 Å². The second-order valence-corrected chi connectivity index (χ2v) is 16.7. The summed E-state index contributed by atoms with van der Waals surface area (Å²) >= 11 is 3.73. The van der Waals surface area contributed by atoms with Gasteiger partial charge >= 0.3 is 0 Å². The lowest BCUT2D eigenvalue weighted by Gasteiger charge is -2.24. The number of rotatable bonds is 5. The van der Waals surface area contributed by atoms with Crippen LogP contribution >= 0.6 is 22.7 Å². The Bertz CT molecular complexity index is 3390. The van der Waals surface area contributed by atoms with E-state index in [1.54, 1.807) is 0 Å². The molecule has 12 rings (SSSR count). The second-order valence-electron chi connectivity index (χ2n) is 14.5. The Kier molecular flexibility index (Phi) is 7.30. The minimum absolute atomic E-state index is 0.306. The number of amidine groups is 2. The van der Waals surface area contributed by atoms with Crippen LogP contribution in [-0.2, 0) is 0 Å². The lowest BCUT2D eigenvalue weighted by molar-refractivity contribution is 0.680. The maximum absolute atomic E-state index is 5.25. The highest BCUT2D eigenvalue weighted by Gasteiger charge is 2.25. The van der Waals surface area contributed by atoms with E-state index >= 15 is 0 Å². The zero-order valence-corrected chi connectivity index (χ0v) is 32.2. The molecule has 268 valence electrons. The number of nitrogens with zero attached hydrogens (tertiary/aromatic N) is 3. The maximum Gasteiger partial charge on any atom is 0.159 e. The summed E-state index contributed by atoms with van der Waals surface area (Å²) in [4.78, 5) is 10.3. The summed E-state index contributed by atoms with van der Waals surface area (Å²) in [7, 11) is 0. The highest BCUT2D eigenvalue weighted by atomic mass is 32.1. The van der Waals surface area contributed by atoms with Gasteiger partial charge in [-0.2, -0.15) is 0 Å². The first-order valence-corrected chi connectivity index (χ1v) is 20.8. The van der Waals surface area contributed by atoms with Gasteiger partial charge in [0.25, 0.3) is 0 Å². The predicted octanol–water partition coefficient (Wildman–Crippen LogP) is 13.7. The zero-order valence-electron chi connectivity index (χ0n) is 30.6. The van der Waals surface area contributed by atoms with E-state index in [1.807, 2.05) is 46.9 Å². The van der Waals surface area contributed by atoms with E-state index in [2.05, 4.69) is 168 Å². The number of aliphatic imine (C=N–C) groups is 2. The van der Waals surface area contributed by atoms with Crippen molar-refractivity contribution >= 4 is 96.5 Å². The molecule has 0 saturated heterocycles. The monoisotopic (exact) mass is 764 g/mol. The Balaban J connectivity index is 1.03. The third-order valence-corrected chi connectivity index (χ3v) is 13.5. The van der Waals surface area contributed by atoms with Gasteiger partial charge in [-0.15, -0.1) is 22.7 Å². The van der Waals surface area contributed by atoms with Gasteiger partial charge in [0.1, 0.15) is 12.0 Å².